The van der Waals surface area contributed by atoms with Crippen LogP contribution in [0.4, 0.5) is 5.69 Å². The van der Waals surface area contributed by atoms with E-state index in [0.717, 1.165) is 16.6 Å². The zero-order valence-electron chi connectivity index (χ0n) is 11.6. The summed E-state index contributed by atoms with van der Waals surface area (Å²) in [5.41, 5.74) is 0.828. The van der Waals surface area contributed by atoms with Crippen molar-refractivity contribution in [2.75, 3.05) is 25.1 Å². The summed E-state index contributed by atoms with van der Waals surface area (Å²) in [4.78, 5) is 11.6. The smallest absolute Gasteiger partial charge is 0.311 e. The second-order valence-electron chi connectivity index (χ2n) is 5.33. The van der Waals surface area contributed by atoms with Crippen molar-refractivity contribution in [1.82, 2.24) is 10.2 Å². The number of nitrogens with one attached hydrogen (secondary N) is 1. The first-order valence-electron chi connectivity index (χ1n) is 6.97. The molecule has 1 aliphatic heterocycles. The Morgan fingerprint density at radius 1 is 1.33 bits per heavy atom. The van der Waals surface area contributed by atoms with E-state index >= 15 is 0 Å². The lowest BCUT2D eigenvalue weighted by molar-refractivity contribution is -0.153. The van der Waals surface area contributed by atoms with Crippen LogP contribution in [-0.2, 0) is 9.53 Å². The average molecular weight is 287 g/mol. The van der Waals surface area contributed by atoms with Gasteiger partial charge in [-0.1, -0.05) is 18.2 Å². The minimum Gasteiger partial charge on any atom is -0.481 e. The summed E-state index contributed by atoms with van der Waals surface area (Å²) in [5.74, 6) is -0.773. The summed E-state index contributed by atoms with van der Waals surface area (Å²) >= 11 is 0. The Labute approximate surface area is 122 Å². The van der Waals surface area contributed by atoms with E-state index in [1.807, 2.05) is 24.3 Å². The number of fused-ring (bicyclic) bond motifs is 1. The first-order valence-corrected chi connectivity index (χ1v) is 6.97. The molecule has 0 unspecified atom stereocenters. The highest BCUT2D eigenvalue weighted by molar-refractivity contribution is 5.90. The fourth-order valence-electron chi connectivity index (χ4n) is 2.64. The molecule has 1 aromatic carbocycles. The molecular weight excluding hydrogens is 270 g/mol. The van der Waals surface area contributed by atoms with Gasteiger partial charge in [0, 0.05) is 25.1 Å². The third-order valence-electron chi connectivity index (χ3n) is 4.07. The van der Waals surface area contributed by atoms with Crippen molar-refractivity contribution in [3.63, 3.8) is 0 Å². The van der Waals surface area contributed by atoms with E-state index in [1.165, 1.54) is 0 Å². The number of aliphatic carboxylic acids is 1. The SMILES string of the molecule is O=C(O)C1(CNc2cnnc3ccccc23)CCOCC1. The maximum atomic E-state index is 11.6. The highest BCUT2D eigenvalue weighted by atomic mass is 16.5. The third kappa shape index (κ3) is 2.67. The molecule has 1 fully saturated rings. The standard InChI is InChI=1S/C15H17N3O3/c19-14(20)15(5-7-21-8-6-15)10-16-13-9-17-18-12-4-2-1-3-11(12)13/h1-4,9H,5-8,10H2,(H,16,18)(H,19,20). The van der Waals surface area contributed by atoms with Gasteiger partial charge in [0.15, 0.2) is 0 Å². The van der Waals surface area contributed by atoms with Gasteiger partial charge in [-0.05, 0) is 18.9 Å². The van der Waals surface area contributed by atoms with Crippen LogP contribution < -0.4 is 5.32 Å². The quantitative estimate of drug-likeness (QED) is 0.893. The van der Waals surface area contributed by atoms with Crippen LogP contribution >= 0.6 is 0 Å². The van der Waals surface area contributed by atoms with E-state index < -0.39 is 11.4 Å². The topological polar surface area (TPSA) is 84.3 Å². The van der Waals surface area contributed by atoms with Gasteiger partial charge in [0.05, 0.1) is 22.8 Å². The van der Waals surface area contributed by atoms with Gasteiger partial charge in [0.25, 0.3) is 0 Å². The minimum atomic E-state index is -0.775. The van der Waals surface area contributed by atoms with Crippen LogP contribution in [0.1, 0.15) is 12.8 Å². The summed E-state index contributed by atoms with van der Waals surface area (Å²) in [7, 11) is 0. The van der Waals surface area contributed by atoms with Crippen molar-refractivity contribution >= 4 is 22.6 Å². The molecule has 6 nitrogen and oxygen atoms in total. The number of aromatic nitrogens is 2. The fourth-order valence-corrected chi connectivity index (χ4v) is 2.64. The van der Waals surface area contributed by atoms with Crippen LogP contribution in [0.3, 0.4) is 0 Å². The second kappa shape index (κ2) is 5.65. The van der Waals surface area contributed by atoms with Crippen LogP contribution in [0.2, 0.25) is 0 Å². The molecule has 0 amide bonds. The molecule has 2 aromatic rings. The maximum absolute atomic E-state index is 11.6. The predicted molar refractivity (Wildman–Crippen MR) is 78.1 cm³/mol. The Balaban J connectivity index is 1.83. The zero-order chi connectivity index (χ0) is 14.7. The van der Waals surface area contributed by atoms with E-state index in [1.54, 1.807) is 6.20 Å². The van der Waals surface area contributed by atoms with Crippen LogP contribution in [-0.4, -0.2) is 41.0 Å². The molecule has 0 spiro atoms. The lowest BCUT2D eigenvalue weighted by Gasteiger charge is -2.33. The van der Waals surface area contributed by atoms with Gasteiger partial charge in [-0.25, -0.2) is 0 Å². The molecule has 3 rings (SSSR count). The first-order chi connectivity index (χ1) is 10.2. The van der Waals surface area contributed by atoms with E-state index in [-0.39, 0.29) is 0 Å². The van der Waals surface area contributed by atoms with Gasteiger partial charge in [0.1, 0.15) is 0 Å². The molecule has 0 radical (unpaired) electrons. The molecule has 6 heteroatoms. The average Bonchev–Trinajstić information content (AvgIpc) is 2.53. The molecule has 2 N–H and O–H groups in total. The Morgan fingerprint density at radius 3 is 2.86 bits per heavy atom. The van der Waals surface area contributed by atoms with Gasteiger partial charge < -0.3 is 15.2 Å². The second-order valence-corrected chi connectivity index (χ2v) is 5.33. The number of rotatable bonds is 4. The van der Waals surface area contributed by atoms with Gasteiger partial charge in [-0.15, -0.1) is 0 Å². The minimum absolute atomic E-state index is 0.362. The van der Waals surface area contributed by atoms with Crippen LogP contribution in [0.25, 0.3) is 10.9 Å². The fraction of sp³-hybridized carbons (Fsp3) is 0.400. The van der Waals surface area contributed by atoms with Gasteiger partial charge in [0.2, 0.25) is 0 Å². The van der Waals surface area contributed by atoms with Crippen molar-refractivity contribution < 1.29 is 14.6 Å². The molecule has 0 bridgehead atoms. The van der Waals surface area contributed by atoms with E-state index in [2.05, 4.69) is 15.5 Å². The first kappa shape index (κ1) is 13.8. The lowest BCUT2D eigenvalue weighted by atomic mass is 9.80. The van der Waals surface area contributed by atoms with E-state index in [9.17, 15) is 9.90 Å². The number of anilines is 1. The van der Waals surface area contributed by atoms with Crippen molar-refractivity contribution in [1.29, 1.82) is 0 Å². The molecule has 0 atom stereocenters. The van der Waals surface area contributed by atoms with Crippen molar-refractivity contribution in [3.8, 4) is 0 Å². The molecule has 1 saturated heterocycles. The molecule has 0 saturated carbocycles. The van der Waals surface area contributed by atoms with Crippen LogP contribution in [0, 0.1) is 5.41 Å². The molecule has 110 valence electrons. The summed E-state index contributed by atoms with van der Waals surface area (Å²) in [6, 6.07) is 7.66. The van der Waals surface area contributed by atoms with Gasteiger partial charge in [-0.2, -0.15) is 10.2 Å². The summed E-state index contributed by atoms with van der Waals surface area (Å²) in [6.45, 7) is 1.34. The van der Waals surface area contributed by atoms with E-state index in [4.69, 9.17) is 4.74 Å². The molecule has 0 aliphatic carbocycles. The highest BCUT2D eigenvalue weighted by Crippen LogP contribution is 2.32. The highest BCUT2D eigenvalue weighted by Gasteiger charge is 2.40. The number of hydrogen-bond donors (Lipinski definition) is 2. The Bertz CT molecular complexity index is 648. The Kier molecular flexibility index (Phi) is 3.70. The molecule has 1 aromatic heterocycles. The molecule has 21 heavy (non-hydrogen) atoms. The number of carbonyl (C=O) groups is 1. The zero-order valence-corrected chi connectivity index (χ0v) is 11.6. The van der Waals surface area contributed by atoms with Crippen molar-refractivity contribution in [3.05, 3.63) is 30.5 Å². The Hall–Kier alpha value is -2.21. The monoisotopic (exact) mass is 287 g/mol. The van der Waals surface area contributed by atoms with Crippen molar-refractivity contribution in [2.24, 2.45) is 5.41 Å². The maximum Gasteiger partial charge on any atom is 0.311 e. The number of nitrogens with zero attached hydrogens (tertiary/aromatic N) is 2. The largest absolute Gasteiger partial charge is 0.481 e. The van der Waals surface area contributed by atoms with E-state index in [0.29, 0.717) is 32.6 Å². The lowest BCUT2D eigenvalue weighted by Crippen LogP contribution is -2.42. The Morgan fingerprint density at radius 2 is 2.10 bits per heavy atom. The normalized spacial score (nSPS) is 17.5. The summed E-state index contributed by atoms with van der Waals surface area (Å²) < 4.78 is 5.28. The molecular formula is C15H17N3O3. The number of ether oxygens (including phenoxy) is 1. The van der Waals surface area contributed by atoms with Gasteiger partial charge >= 0.3 is 5.97 Å². The van der Waals surface area contributed by atoms with Crippen LogP contribution in [0.15, 0.2) is 30.5 Å². The van der Waals surface area contributed by atoms with Crippen molar-refractivity contribution in [2.45, 2.75) is 12.8 Å². The number of benzene rings is 1. The van der Waals surface area contributed by atoms with Crippen LogP contribution in [0.5, 0.6) is 0 Å². The number of carboxylic acids is 1. The van der Waals surface area contributed by atoms with Gasteiger partial charge in [-0.3, -0.25) is 4.79 Å². The molecule has 1 aliphatic rings. The number of carboxylic acid groups (broad SMARTS) is 1. The number of hydrogen-bond acceptors (Lipinski definition) is 5. The predicted octanol–water partition coefficient (Wildman–Crippen LogP) is 1.92. The molecule has 2 heterocycles. The third-order valence-corrected chi connectivity index (χ3v) is 4.07. The summed E-state index contributed by atoms with van der Waals surface area (Å²) in [5, 5.41) is 21.8. The summed E-state index contributed by atoms with van der Waals surface area (Å²) in [6.07, 6.45) is 2.68.